The molecule has 7 heteroatoms. The van der Waals surface area contributed by atoms with E-state index >= 15 is 0 Å². The molecule has 0 unspecified atom stereocenters. The minimum absolute atomic E-state index is 0.0473. The normalized spacial score (nSPS) is 14.9. The van der Waals surface area contributed by atoms with E-state index in [4.69, 9.17) is 0 Å². The number of rotatable bonds is 5. The van der Waals surface area contributed by atoms with E-state index in [1.54, 1.807) is 41.0 Å². The zero-order valence-electron chi connectivity index (χ0n) is 14.3. The Balaban J connectivity index is 1.94. The van der Waals surface area contributed by atoms with Crippen LogP contribution in [0.4, 0.5) is 5.69 Å². The predicted octanol–water partition coefficient (Wildman–Crippen LogP) is 1.07. The van der Waals surface area contributed by atoms with Crippen LogP contribution >= 0.6 is 0 Å². The first kappa shape index (κ1) is 18.4. The third kappa shape index (κ3) is 5.00. The van der Waals surface area contributed by atoms with Crippen molar-refractivity contribution in [3.05, 3.63) is 41.5 Å². The maximum absolute atomic E-state index is 12.3. The van der Waals surface area contributed by atoms with Crippen molar-refractivity contribution in [3.8, 4) is 0 Å². The highest BCUT2D eigenvalue weighted by Gasteiger charge is 2.21. The van der Waals surface area contributed by atoms with Crippen LogP contribution in [-0.4, -0.2) is 60.0 Å². The van der Waals surface area contributed by atoms with Crippen molar-refractivity contribution in [2.75, 3.05) is 31.5 Å². The lowest BCUT2D eigenvalue weighted by molar-refractivity contribution is -0.131. The minimum Gasteiger partial charge on any atom is -0.342 e. The van der Waals surface area contributed by atoms with Gasteiger partial charge in [-0.05, 0) is 38.1 Å². The molecular weight excluding hydrogens is 322 g/mol. The summed E-state index contributed by atoms with van der Waals surface area (Å²) in [5.41, 5.74) is 1.44. The Kier molecular flexibility index (Phi) is 6.05. The van der Waals surface area contributed by atoms with E-state index in [2.05, 4.69) is 5.32 Å². The van der Waals surface area contributed by atoms with Crippen LogP contribution in [0.25, 0.3) is 0 Å². The van der Waals surface area contributed by atoms with Gasteiger partial charge in [0.2, 0.25) is 18.2 Å². The summed E-state index contributed by atoms with van der Waals surface area (Å²) < 4.78 is 0. The Bertz CT molecular complexity index is 702. The Labute approximate surface area is 146 Å². The van der Waals surface area contributed by atoms with Crippen molar-refractivity contribution in [2.24, 2.45) is 0 Å². The number of nitrogens with zero attached hydrogens (tertiary/aromatic N) is 2. The fraction of sp³-hybridized carbons (Fsp3) is 0.333. The molecule has 132 valence electrons. The SMILES string of the molecule is CC(=O)c1ccc(NC(=O)/C=C(/C)C(=O)N2CCN(C=O)CC2)cc1. The number of nitrogens with one attached hydrogen (secondary N) is 1. The summed E-state index contributed by atoms with van der Waals surface area (Å²) in [5, 5.41) is 2.66. The van der Waals surface area contributed by atoms with Gasteiger partial charge in [-0.1, -0.05) is 0 Å². The van der Waals surface area contributed by atoms with Gasteiger partial charge in [-0.25, -0.2) is 0 Å². The molecule has 0 spiro atoms. The topological polar surface area (TPSA) is 86.8 Å². The molecule has 1 aromatic rings. The Morgan fingerprint density at radius 3 is 2.12 bits per heavy atom. The lowest BCUT2D eigenvalue weighted by Crippen LogP contribution is -2.48. The molecule has 1 aliphatic heterocycles. The van der Waals surface area contributed by atoms with Crippen molar-refractivity contribution in [2.45, 2.75) is 13.8 Å². The molecule has 1 aromatic carbocycles. The first-order valence-electron chi connectivity index (χ1n) is 7.99. The van der Waals surface area contributed by atoms with E-state index in [9.17, 15) is 19.2 Å². The second kappa shape index (κ2) is 8.23. The Morgan fingerprint density at radius 1 is 1.00 bits per heavy atom. The van der Waals surface area contributed by atoms with Gasteiger partial charge in [-0.15, -0.1) is 0 Å². The summed E-state index contributed by atoms with van der Waals surface area (Å²) in [5.74, 6) is -0.672. The highest BCUT2D eigenvalue weighted by molar-refractivity contribution is 6.06. The van der Waals surface area contributed by atoms with Crippen LogP contribution < -0.4 is 5.32 Å². The highest BCUT2D eigenvalue weighted by Crippen LogP contribution is 2.11. The smallest absolute Gasteiger partial charge is 0.249 e. The first-order valence-corrected chi connectivity index (χ1v) is 7.99. The van der Waals surface area contributed by atoms with Gasteiger partial charge in [0.25, 0.3) is 0 Å². The van der Waals surface area contributed by atoms with Gasteiger partial charge in [0.15, 0.2) is 5.78 Å². The zero-order chi connectivity index (χ0) is 18.4. The summed E-state index contributed by atoms with van der Waals surface area (Å²) in [4.78, 5) is 49.5. The highest BCUT2D eigenvalue weighted by atomic mass is 16.2. The Hall–Kier alpha value is -2.96. The van der Waals surface area contributed by atoms with Crippen LogP contribution in [0.2, 0.25) is 0 Å². The number of ketones is 1. The maximum Gasteiger partial charge on any atom is 0.249 e. The quantitative estimate of drug-likeness (QED) is 0.492. The summed E-state index contributed by atoms with van der Waals surface area (Å²) in [6.45, 7) is 4.97. The van der Waals surface area contributed by atoms with Crippen LogP contribution in [0, 0.1) is 0 Å². The van der Waals surface area contributed by atoms with Gasteiger partial charge in [-0.3, -0.25) is 19.2 Å². The summed E-state index contributed by atoms with van der Waals surface area (Å²) in [6, 6.07) is 6.54. The Morgan fingerprint density at radius 2 is 1.60 bits per heavy atom. The number of carbonyl (C=O) groups excluding carboxylic acids is 4. The number of hydrogen-bond donors (Lipinski definition) is 1. The van der Waals surface area contributed by atoms with Crippen LogP contribution in [-0.2, 0) is 14.4 Å². The fourth-order valence-corrected chi connectivity index (χ4v) is 2.50. The van der Waals surface area contributed by atoms with Crippen molar-refractivity contribution in [1.82, 2.24) is 9.80 Å². The molecule has 0 atom stereocenters. The van der Waals surface area contributed by atoms with E-state index in [-0.39, 0.29) is 11.7 Å². The molecule has 1 heterocycles. The van der Waals surface area contributed by atoms with Gasteiger partial charge in [0.05, 0.1) is 0 Å². The van der Waals surface area contributed by atoms with Gasteiger partial charge in [0, 0.05) is 49.1 Å². The molecule has 2 rings (SSSR count). The molecule has 0 aromatic heterocycles. The van der Waals surface area contributed by atoms with Gasteiger partial charge in [-0.2, -0.15) is 0 Å². The van der Waals surface area contributed by atoms with E-state index in [0.717, 1.165) is 6.41 Å². The molecular formula is C18H21N3O4. The van der Waals surface area contributed by atoms with Crippen LogP contribution in [0.3, 0.4) is 0 Å². The van der Waals surface area contributed by atoms with E-state index < -0.39 is 5.91 Å². The molecule has 1 fully saturated rings. The lowest BCUT2D eigenvalue weighted by Gasteiger charge is -2.32. The first-order chi connectivity index (χ1) is 11.9. The van der Waals surface area contributed by atoms with Crippen molar-refractivity contribution in [1.29, 1.82) is 0 Å². The molecule has 1 saturated heterocycles. The molecule has 0 bridgehead atoms. The molecule has 7 nitrogen and oxygen atoms in total. The van der Waals surface area contributed by atoms with Crippen molar-refractivity contribution >= 4 is 29.7 Å². The molecule has 0 aliphatic carbocycles. The van der Waals surface area contributed by atoms with Crippen LogP contribution in [0.5, 0.6) is 0 Å². The number of hydrogen-bond acceptors (Lipinski definition) is 4. The minimum atomic E-state index is -0.409. The summed E-state index contributed by atoms with van der Waals surface area (Å²) in [7, 11) is 0. The van der Waals surface area contributed by atoms with Crippen molar-refractivity contribution in [3.63, 3.8) is 0 Å². The number of carbonyl (C=O) groups is 4. The average molecular weight is 343 g/mol. The molecule has 0 radical (unpaired) electrons. The van der Waals surface area contributed by atoms with E-state index in [1.165, 1.54) is 13.0 Å². The number of piperazine rings is 1. The second-order valence-electron chi connectivity index (χ2n) is 5.88. The lowest BCUT2D eigenvalue weighted by atomic mass is 10.1. The van der Waals surface area contributed by atoms with Gasteiger partial charge in [0.1, 0.15) is 0 Å². The number of Topliss-reactive ketones (excluding diaryl/α,β-unsaturated/α-hetero) is 1. The standard InChI is InChI=1S/C18H21N3O4/c1-13(18(25)21-9-7-20(12-22)8-10-21)11-17(24)19-16-5-3-15(4-6-16)14(2)23/h3-6,11-12H,7-10H2,1-2H3,(H,19,24)/b13-11-. The average Bonchev–Trinajstić information content (AvgIpc) is 2.61. The van der Waals surface area contributed by atoms with Crippen LogP contribution in [0.1, 0.15) is 24.2 Å². The fourth-order valence-electron chi connectivity index (χ4n) is 2.50. The molecule has 1 N–H and O–H groups in total. The van der Waals surface area contributed by atoms with Gasteiger partial charge >= 0.3 is 0 Å². The number of anilines is 1. The number of amides is 3. The number of benzene rings is 1. The maximum atomic E-state index is 12.3. The third-order valence-electron chi connectivity index (χ3n) is 3.99. The van der Waals surface area contributed by atoms with Gasteiger partial charge < -0.3 is 15.1 Å². The van der Waals surface area contributed by atoms with E-state index in [0.29, 0.717) is 43.0 Å². The summed E-state index contributed by atoms with van der Waals surface area (Å²) >= 11 is 0. The monoisotopic (exact) mass is 343 g/mol. The zero-order valence-corrected chi connectivity index (χ0v) is 14.3. The summed E-state index contributed by atoms with van der Waals surface area (Å²) in [6.07, 6.45) is 2.03. The predicted molar refractivity (Wildman–Crippen MR) is 93.1 cm³/mol. The molecule has 3 amide bonds. The third-order valence-corrected chi connectivity index (χ3v) is 3.99. The molecule has 1 aliphatic rings. The molecule has 25 heavy (non-hydrogen) atoms. The van der Waals surface area contributed by atoms with Crippen LogP contribution in [0.15, 0.2) is 35.9 Å². The van der Waals surface area contributed by atoms with Crippen molar-refractivity contribution < 1.29 is 19.2 Å². The largest absolute Gasteiger partial charge is 0.342 e. The molecule has 0 saturated carbocycles. The van der Waals surface area contributed by atoms with E-state index in [1.807, 2.05) is 0 Å². The second-order valence-corrected chi connectivity index (χ2v) is 5.88.